The normalized spacial score (nSPS) is 15.3. The minimum absolute atomic E-state index is 0.179. The summed E-state index contributed by atoms with van der Waals surface area (Å²) in [5.74, 6) is -1.78. The maximum Gasteiger partial charge on any atom is 0.323 e. The Morgan fingerprint density at radius 1 is 1.31 bits per heavy atom. The number of thioether (sulfide) groups is 1. The maximum absolute atomic E-state index is 12.4. The number of hydrogen-bond acceptors (Lipinski definition) is 7. The smallest absolute Gasteiger partial charge is 0.323 e. The van der Waals surface area contributed by atoms with Gasteiger partial charge in [-0.25, -0.2) is 4.98 Å². The molecular formula is C19H17N3O4S3. The van der Waals surface area contributed by atoms with Crippen LogP contribution < -0.4 is 4.90 Å². The van der Waals surface area contributed by atoms with Crippen LogP contribution in [0.2, 0.25) is 0 Å². The standard InChI is InChI=1S/C19H17N3O4S3/c1-10-4-5-14(6-11(10)2)22(12(3)23)18-20-13(9-28-18)7-15-17(26)21(8-16(24)25)19(27)29-15/h4-7,9H,8H2,1-3H3,(H,24,25)/b15-7-. The lowest BCUT2D eigenvalue weighted by Crippen LogP contribution is -2.33. The number of carbonyl (C=O) groups excluding carboxylic acids is 2. The predicted octanol–water partition coefficient (Wildman–Crippen LogP) is 3.73. The summed E-state index contributed by atoms with van der Waals surface area (Å²) in [7, 11) is 0. The van der Waals surface area contributed by atoms with Crippen molar-refractivity contribution in [2.75, 3.05) is 11.4 Å². The lowest BCUT2D eigenvalue weighted by Gasteiger charge is -2.19. The van der Waals surface area contributed by atoms with Gasteiger partial charge in [-0.2, -0.15) is 0 Å². The van der Waals surface area contributed by atoms with Crippen LogP contribution in [0.3, 0.4) is 0 Å². The van der Waals surface area contributed by atoms with Crippen LogP contribution in [0.5, 0.6) is 0 Å². The highest BCUT2D eigenvalue weighted by Gasteiger charge is 2.33. The second kappa shape index (κ2) is 8.44. The van der Waals surface area contributed by atoms with Crippen LogP contribution in [0.1, 0.15) is 23.7 Å². The molecule has 0 saturated carbocycles. The number of thiazole rings is 1. The minimum atomic E-state index is -1.14. The number of aromatic nitrogens is 1. The van der Waals surface area contributed by atoms with Crippen LogP contribution in [-0.2, 0) is 14.4 Å². The number of benzene rings is 1. The molecular weight excluding hydrogens is 430 g/mol. The van der Waals surface area contributed by atoms with Crippen molar-refractivity contribution in [1.82, 2.24) is 9.88 Å². The van der Waals surface area contributed by atoms with Crippen molar-refractivity contribution in [2.45, 2.75) is 20.8 Å². The molecule has 29 heavy (non-hydrogen) atoms. The zero-order valence-corrected chi connectivity index (χ0v) is 18.3. The fourth-order valence-electron chi connectivity index (χ4n) is 2.64. The van der Waals surface area contributed by atoms with E-state index in [1.165, 1.54) is 23.2 Å². The van der Waals surface area contributed by atoms with E-state index in [2.05, 4.69) is 4.98 Å². The van der Waals surface area contributed by atoms with Gasteiger partial charge in [0.05, 0.1) is 16.3 Å². The zero-order valence-electron chi connectivity index (χ0n) is 15.8. The molecule has 2 heterocycles. The molecule has 0 radical (unpaired) electrons. The molecule has 1 aliphatic rings. The van der Waals surface area contributed by atoms with E-state index < -0.39 is 18.4 Å². The number of aliphatic carboxylic acids is 1. The first-order valence-electron chi connectivity index (χ1n) is 8.48. The van der Waals surface area contributed by atoms with Crippen LogP contribution in [0.25, 0.3) is 6.08 Å². The number of thiocarbonyl (C=S) groups is 1. The van der Waals surface area contributed by atoms with Gasteiger partial charge in [0.1, 0.15) is 10.9 Å². The van der Waals surface area contributed by atoms with Crippen LogP contribution in [0.4, 0.5) is 10.8 Å². The van der Waals surface area contributed by atoms with Crippen molar-refractivity contribution in [3.8, 4) is 0 Å². The average molecular weight is 448 g/mol. The number of amides is 2. The SMILES string of the molecule is CC(=O)N(c1ccc(C)c(C)c1)c1nc(/C=C2\SC(=S)N(CC(=O)O)C2=O)cs1. The van der Waals surface area contributed by atoms with Gasteiger partial charge in [-0.1, -0.05) is 30.0 Å². The molecule has 2 amide bonds. The van der Waals surface area contributed by atoms with Crippen molar-refractivity contribution in [3.05, 3.63) is 45.3 Å². The lowest BCUT2D eigenvalue weighted by molar-refractivity contribution is -0.140. The maximum atomic E-state index is 12.4. The van der Waals surface area contributed by atoms with Crippen LogP contribution in [0.15, 0.2) is 28.5 Å². The van der Waals surface area contributed by atoms with Crippen LogP contribution >= 0.6 is 35.3 Å². The number of carboxylic acid groups (broad SMARTS) is 1. The molecule has 1 saturated heterocycles. The Bertz CT molecular complexity index is 1060. The molecule has 1 fully saturated rings. The molecule has 0 unspecified atom stereocenters. The summed E-state index contributed by atoms with van der Waals surface area (Å²) in [5, 5.41) is 11.1. The van der Waals surface area contributed by atoms with Crippen molar-refractivity contribution < 1.29 is 19.5 Å². The molecule has 0 atom stereocenters. The van der Waals surface area contributed by atoms with E-state index in [1.54, 1.807) is 11.5 Å². The summed E-state index contributed by atoms with van der Waals surface area (Å²) in [6.45, 7) is 4.96. The number of anilines is 2. The molecule has 0 spiro atoms. The third kappa shape index (κ3) is 4.55. The first-order valence-corrected chi connectivity index (χ1v) is 10.6. The Balaban J connectivity index is 1.89. The van der Waals surface area contributed by atoms with E-state index in [4.69, 9.17) is 17.3 Å². The van der Waals surface area contributed by atoms with Gasteiger partial charge in [0, 0.05) is 12.3 Å². The number of carbonyl (C=O) groups is 3. The highest BCUT2D eigenvalue weighted by molar-refractivity contribution is 8.26. The van der Waals surface area contributed by atoms with Crippen molar-refractivity contribution >= 4 is 74.3 Å². The first kappa shape index (κ1) is 21.2. The van der Waals surface area contributed by atoms with Gasteiger partial charge in [0.2, 0.25) is 5.91 Å². The fraction of sp³-hybridized carbons (Fsp3) is 0.211. The summed E-state index contributed by atoms with van der Waals surface area (Å²) in [6, 6.07) is 5.74. The number of carboxylic acids is 1. The average Bonchev–Trinajstić information content (AvgIpc) is 3.18. The first-order chi connectivity index (χ1) is 13.7. The van der Waals surface area contributed by atoms with E-state index >= 15 is 0 Å². The van der Waals surface area contributed by atoms with Crippen molar-refractivity contribution in [3.63, 3.8) is 0 Å². The molecule has 1 aromatic heterocycles. The van der Waals surface area contributed by atoms with E-state index in [9.17, 15) is 14.4 Å². The molecule has 150 valence electrons. The summed E-state index contributed by atoms with van der Waals surface area (Å²) in [5.41, 5.74) is 3.40. The molecule has 7 nitrogen and oxygen atoms in total. The molecule has 1 aliphatic heterocycles. The highest BCUT2D eigenvalue weighted by Crippen LogP contribution is 2.34. The number of rotatable bonds is 5. The van der Waals surface area contributed by atoms with Gasteiger partial charge < -0.3 is 5.11 Å². The molecule has 1 N–H and O–H groups in total. The van der Waals surface area contributed by atoms with Crippen molar-refractivity contribution in [2.24, 2.45) is 0 Å². The summed E-state index contributed by atoms with van der Waals surface area (Å²) < 4.78 is 0.194. The summed E-state index contributed by atoms with van der Waals surface area (Å²) in [4.78, 5) is 42.9. The summed E-state index contributed by atoms with van der Waals surface area (Å²) in [6.07, 6.45) is 1.56. The van der Waals surface area contributed by atoms with Gasteiger partial charge in [-0.05, 0) is 43.2 Å². The van der Waals surface area contributed by atoms with E-state index in [0.29, 0.717) is 21.4 Å². The van der Waals surface area contributed by atoms with Crippen molar-refractivity contribution in [1.29, 1.82) is 0 Å². The van der Waals surface area contributed by atoms with Gasteiger partial charge in [-0.15, -0.1) is 11.3 Å². The van der Waals surface area contributed by atoms with Gasteiger partial charge in [0.25, 0.3) is 5.91 Å². The predicted molar refractivity (Wildman–Crippen MR) is 118 cm³/mol. The molecule has 1 aromatic carbocycles. The number of hydrogen-bond donors (Lipinski definition) is 1. The van der Waals surface area contributed by atoms with Crippen LogP contribution in [-0.4, -0.2) is 43.6 Å². The number of aryl methyl sites for hydroxylation is 2. The third-order valence-corrected chi connectivity index (χ3v) is 6.43. The Morgan fingerprint density at radius 3 is 2.66 bits per heavy atom. The largest absolute Gasteiger partial charge is 0.480 e. The molecule has 0 bridgehead atoms. The summed E-state index contributed by atoms with van der Waals surface area (Å²) >= 11 is 7.40. The highest BCUT2D eigenvalue weighted by atomic mass is 32.2. The Morgan fingerprint density at radius 2 is 2.03 bits per heavy atom. The van der Waals surface area contributed by atoms with Crippen LogP contribution in [0, 0.1) is 13.8 Å². The van der Waals surface area contributed by atoms with E-state index in [0.717, 1.165) is 27.8 Å². The molecule has 10 heteroatoms. The molecule has 3 rings (SSSR count). The third-order valence-electron chi connectivity index (χ3n) is 4.21. The quantitative estimate of drug-likeness (QED) is 0.552. The second-order valence-electron chi connectivity index (χ2n) is 6.34. The van der Waals surface area contributed by atoms with Gasteiger partial charge >= 0.3 is 5.97 Å². The monoisotopic (exact) mass is 447 g/mol. The second-order valence-corrected chi connectivity index (χ2v) is 8.85. The van der Waals surface area contributed by atoms with E-state index in [-0.39, 0.29) is 10.2 Å². The molecule has 0 aliphatic carbocycles. The van der Waals surface area contributed by atoms with Gasteiger partial charge in [-0.3, -0.25) is 24.2 Å². The number of nitrogens with zero attached hydrogens (tertiary/aromatic N) is 3. The Hall–Kier alpha value is -2.56. The zero-order chi connectivity index (χ0) is 21.3. The van der Waals surface area contributed by atoms with E-state index in [1.807, 2.05) is 32.0 Å². The Kier molecular flexibility index (Phi) is 6.15. The minimum Gasteiger partial charge on any atom is -0.480 e. The lowest BCUT2D eigenvalue weighted by atomic mass is 10.1. The topological polar surface area (TPSA) is 90.8 Å². The Labute approximate surface area is 181 Å². The molecule has 2 aromatic rings. The van der Waals surface area contributed by atoms with Gasteiger partial charge in [0.15, 0.2) is 5.13 Å². The fourth-order valence-corrected chi connectivity index (χ4v) is 4.73.